The van der Waals surface area contributed by atoms with E-state index in [4.69, 9.17) is 4.74 Å². The number of rotatable bonds is 6. The first kappa shape index (κ1) is 22.5. The van der Waals surface area contributed by atoms with Crippen LogP contribution >= 0.6 is 56.9 Å². The summed E-state index contributed by atoms with van der Waals surface area (Å²) in [6, 6.07) is 10.3. The molecule has 2 aromatic carbocycles. The van der Waals surface area contributed by atoms with E-state index in [1.807, 2.05) is 32.1 Å². The summed E-state index contributed by atoms with van der Waals surface area (Å²) >= 11 is 5.89. The molecular formula is C21H19FI2N2O2S. The fourth-order valence-electron chi connectivity index (χ4n) is 2.73. The minimum atomic E-state index is -0.261. The summed E-state index contributed by atoms with van der Waals surface area (Å²) in [6.07, 6.45) is 1.90. The van der Waals surface area contributed by atoms with Crippen molar-refractivity contribution in [3.63, 3.8) is 0 Å². The third kappa shape index (κ3) is 5.52. The summed E-state index contributed by atoms with van der Waals surface area (Å²) in [5, 5.41) is 0.759. The third-order valence-electron chi connectivity index (χ3n) is 4.11. The van der Waals surface area contributed by atoms with Crippen molar-refractivity contribution in [1.29, 1.82) is 0 Å². The van der Waals surface area contributed by atoms with Crippen molar-refractivity contribution in [3.8, 4) is 5.75 Å². The van der Waals surface area contributed by atoms with Crippen molar-refractivity contribution < 1.29 is 13.9 Å². The Labute approximate surface area is 201 Å². The Morgan fingerprint density at radius 2 is 1.83 bits per heavy atom. The van der Waals surface area contributed by atoms with E-state index in [0.29, 0.717) is 24.6 Å². The van der Waals surface area contributed by atoms with Gasteiger partial charge >= 0.3 is 0 Å². The van der Waals surface area contributed by atoms with Crippen molar-refractivity contribution in [2.75, 3.05) is 13.1 Å². The van der Waals surface area contributed by atoms with E-state index in [0.717, 1.165) is 29.2 Å². The number of carbonyl (C=O) groups excluding carboxylic acids is 1. The lowest BCUT2D eigenvalue weighted by Crippen LogP contribution is -2.28. The van der Waals surface area contributed by atoms with Crippen molar-refractivity contribution in [2.45, 2.75) is 20.5 Å². The number of amides is 1. The number of thioether (sulfide) groups is 1. The van der Waals surface area contributed by atoms with Crippen LogP contribution in [0.4, 0.5) is 4.39 Å². The zero-order valence-corrected chi connectivity index (χ0v) is 21.0. The van der Waals surface area contributed by atoms with Crippen LogP contribution in [-0.2, 0) is 11.4 Å². The van der Waals surface area contributed by atoms with Crippen LogP contribution in [0.5, 0.6) is 5.75 Å². The van der Waals surface area contributed by atoms with Gasteiger partial charge in [-0.3, -0.25) is 14.7 Å². The molecule has 0 aliphatic carbocycles. The number of halogens is 3. The highest BCUT2D eigenvalue weighted by Crippen LogP contribution is 2.35. The van der Waals surface area contributed by atoms with E-state index in [9.17, 15) is 9.18 Å². The van der Waals surface area contributed by atoms with E-state index in [1.54, 1.807) is 17.0 Å². The van der Waals surface area contributed by atoms with Crippen LogP contribution in [0.2, 0.25) is 0 Å². The Balaban J connectivity index is 1.80. The fraction of sp³-hybridized carbons (Fsp3) is 0.238. The number of benzene rings is 2. The van der Waals surface area contributed by atoms with Gasteiger partial charge in [-0.15, -0.1) is 0 Å². The Morgan fingerprint density at radius 1 is 1.17 bits per heavy atom. The maximum absolute atomic E-state index is 13.0. The lowest BCUT2D eigenvalue weighted by atomic mass is 10.2. The van der Waals surface area contributed by atoms with Crippen LogP contribution in [0.15, 0.2) is 46.3 Å². The molecular weight excluding hydrogens is 617 g/mol. The van der Waals surface area contributed by atoms with Crippen LogP contribution in [0.3, 0.4) is 0 Å². The number of nitrogens with zero attached hydrogens (tertiary/aromatic N) is 2. The van der Waals surface area contributed by atoms with Gasteiger partial charge in [-0.2, -0.15) is 0 Å². The summed E-state index contributed by atoms with van der Waals surface area (Å²) in [7, 11) is 0. The second kappa shape index (κ2) is 10.3. The summed E-state index contributed by atoms with van der Waals surface area (Å²) in [5.41, 5.74) is 1.84. The minimum absolute atomic E-state index is 0.00801. The number of carbonyl (C=O) groups is 1. The van der Waals surface area contributed by atoms with Crippen LogP contribution < -0.4 is 4.74 Å². The van der Waals surface area contributed by atoms with Gasteiger partial charge in [-0.1, -0.05) is 12.1 Å². The SMILES string of the molecule is CCN=C1S/C(=C/c2cc(I)c(OCc3ccc(F)cc3)c(I)c2)C(=O)N1CC. The number of hydrogen-bond donors (Lipinski definition) is 0. The molecule has 3 rings (SSSR count). The van der Waals surface area contributed by atoms with Crippen molar-refractivity contribution in [1.82, 2.24) is 4.90 Å². The molecule has 1 amide bonds. The Bertz CT molecular complexity index is 954. The third-order valence-corrected chi connectivity index (χ3v) is 6.76. The molecule has 4 nitrogen and oxygen atoms in total. The van der Waals surface area contributed by atoms with Gasteiger partial charge in [0.2, 0.25) is 0 Å². The number of likely N-dealkylation sites (N-methyl/N-ethyl adjacent to an activating group) is 1. The van der Waals surface area contributed by atoms with Gasteiger partial charge in [-0.25, -0.2) is 4.39 Å². The highest BCUT2D eigenvalue weighted by molar-refractivity contribution is 14.1. The highest BCUT2D eigenvalue weighted by Gasteiger charge is 2.31. The lowest BCUT2D eigenvalue weighted by molar-refractivity contribution is -0.122. The first-order valence-electron chi connectivity index (χ1n) is 9.05. The van der Waals surface area contributed by atoms with Crippen LogP contribution in [-0.4, -0.2) is 29.1 Å². The summed E-state index contributed by atoms with van der Waals surface area (Å²) in [6.45, 7) is 5.53. The van der Waals surface area contributed by atoms with E-state index in [-0.39, 0.29) is 11.7 Å². The molecule has 152 valence electrons. The van der Waals surface area contributed by atoms with E-state index >= 15 is 0 Å². The zero-order chi connectivity index (χ0) is 21.0. The topological polar surface area (TPSA) is 41.9 Å². The lowest BCUT2D eigenvalue weighted by Gasteiger charge is -2.12. The molecule has 0 spiro atoms. The Hall–Kier alpha value is -1.14. The molecule has 1 saturated heterocycles. The monoisotopic (exact) mass is 636 g/mol. The molecule has 1 fully saturated rings. The molecule has 0 unspecified atom stereocenters. The number of amidine groups is 1. The van der Waals surface area contributed by atoms with Gasteiger partial charge in [0, 0.05) is 13.1 Å². The largest absolute Gasteiger partial charge is 0.487 e. The van der Waals surface area contributed by atoms with E-state index in [1.165, 1.54) is 23.9 Å². The van der Waals surface area contributed by atoms with Gasteiger partial charge in [0.05, 0.1) is 12.0 Å². The molecule has 1 aliphatic rings. The van der Waals surface area contributed by atoms with Crippen LogP contribution in [0.25, 0.3) is 6.08 Å². The molecule has 0 aromatic heterocycles. The standard InChI is InChI=1S/C21H19FI2N2O2S/c1-3-25-21-26(4-2)20(27)18(29-21)11-14-9-16(23)19(17(24)10-14)28-12-13-5-7-15(22)8-6-13/h5-11H,3-4,12H2,1-2H3/b18-11+,25-21?. The first-order valence-corrected chi connectivity index (χ1v) is 12.0. The maximum atomic E-state index is 13.0. The molecule has 0 bridgehead atoms. The smallest absolute Gasteiger partial charge is 0.266 e. The Kier molecular flexibility index (Phi) is 7.97. The fourth-order valence-corrected chi connectivity index (χ4v) is 5.96. The quantitative estimate of drug-likeness (QED) is 0.292. The second-order valence-electron chi connectivity index (χ2n) is 6.15. The summed E-state index contributed by atoms with van der Waals surface area (Å²) < 4.78 is 20.9. The van der Waals surface area contributed by atoms with E-state index in [2.05, 4.69) is 50.2 Å². The predicted octanol–water partition coefficient (Wildman–Crippen LogP) is 5.93. The van der Waals surface area contributed by atoms with Gasteiger partial charge in [0.25, 0.3) is 5.91 Å². The minimum Gasteiger partial charge on any atom is -0.487 e. The number of aliphatic imine (C=N–C) groups is 1. The normalized spacial score (nSPS) is 16.9. The van der Waals surface area contributed by atoms with E-state index < -0.39 is 0 Å². The number of hydrogen-bond acceptors (Lipinski definition) is 4. The predicted molar refractivity (Wildman–Crippen MR) is 134 cm³/mol. The average Bonchev–Trinajstić information content (AvgIpc) is 2.97. The molecule has 0 saturated carbocycles. The first-order chi connectivity index (χ1) is 13.9. The van der Waals surface area contributed by atoms with Crippen LogP contribution in [0, 0.1) is 13.0 Å². The van der Waals surface area contributed by atoms with Crippen molar-refractivity contribution in [3.05, 3.63) is 65.4 Å². The summed E-state index contributed by atoms with van der Waals surface area (Å²) in [4.78, 5) is 19.4. The van der Waals surface area contributed by atoms with Crippen molar-refractivity contribution in [2.24, 2.45) is 4.99 Å². The molecule has 8 heteroatoms. The zero-order valence-electron chi connectivity index (χ0n) is 15.9. The Morgan fingerprint density at radius 3 is 2.41 bits per heavy atom. The molecule has 0 N–H and O–H groups in total. The van der Waals surface area contributed by atoms with Crippen LogP contribution in [0.1, 0.15) is 25.0 Å². The van der Waals surface area contributed by atoms with Crippen molar-refractivity contribution >= 4 is 74.1 Å². The van der Waals surface area contributed by atoms with Gasteiger partial charge in [-0.05, 0) is 112 Å². The number of ether oxygens (including phenoxy) is 1. The molecule has 29 heavy (non-hydrogen) atoms. The maximum Gasteiger partial charge on any atom is 0.266 e. The van der Waals surface area contributed by atoms with Gasteiger partial charge in [0.15, 0.2) is 5.17 Å². The average molecular weight is 636 g/mol. The van der Waals surface area contributed by atoms with Gasteiger partial charge < -0.3 is 4.74 Å². The highest BCUT2D eigenvalue weighted by atomic mass is 127. The molecule has 1 heterocycles. The molecule has 1 aliphatic heterocycles. The molecule has 2 aromatic rings. The second-order valence-corrected chi connectivity index (χ2v) is 9.48. The van der Waals surface area contributed by atoms with Gasteiger partial charge in [0.1, 0.15) is 18.2 Å². The molecule has 0 radical (unpaired) electrons. The summed E-state index contributed by atoms with van der Waals surface area (Å²) in [5.74, 6) is 0.515. The molecule has 0 atom stereocenters.